The van der Waals surface area contributed by atoms with Crippen molar-refractivity contribution in [3.63, 3.8) is 0 Å². The van der Waals surface area contributed by atoms with Crippen molar-refractivity contribution >= 4 is 17.6 Å². The average molecular weight is 381 g/mol. The van der Waals surface area contributed by atoms with E-state index in [2.05, 4.69) is 29.7 Å². The van der Waals surface area contributed by atoms with Crippen LogP contribution >= 0.6 is 0 Å². The van der Waals surface area contributed by atoms with E-state index in [1.54, 1.807) is 29.2 Å². The first-order valence-electron chi connectivity index (χ1n) is 9.74. The zero-order chi connectivity index (χ0) is 19.8. The number of anilines is 1. The van der Waals surface area contributed by atoms with Gasteiger partial charge in [0.1, 0.15) is 0 Å². The summed E-state index contributed by atoms with van der Waals surface area (Å²) in [5.74, 6) is 0.272. The standard InChI is InChI=1S/C22H27N3O3/c1-2-17(18-6-4-3-5-7-18)16-23-22(27)24-20-10-8-19(9-11-20)21(26)25-12-14-28-15-13-25/h3-11,17H,2,12-16H2,1H3,(H2,23,24,27). The number of nitrogens with zero attached hydrogens (tertiary/aromatic N) is 1. The number of carbonyl (C=O) groups is 2. The third-order valence-electron chi connectivity index (χ3n) is 4.96. The van der Waals surface area contributed by atoms with Crippen LogP contribution in [0.5, 0.6) is 0 Å². The molecule has 6 heteroatoms. The number of benzene rings is 2. The second kappa shape index (κ2) is 9.90. The molecule has 3 rings (SSSR count). The van der Waals surface area contributed by atoms with Crippen LogP contribution in [0.2, 0.25) is 0 Å². The summed E-state index contributed by atoms with van der Waals surface area (Å²) in [4.78, 5) is 26.5. The number of hydrogen-bond acceptors (Lipinski definition) is 3. The van der Waals surface area contributed by atoms with Gasteiger partial charge in [0.2, 0.25) is 0 Å². The summed E-state index contributed by atoms with van der Waals surface area (Å²) in [6.07, 6.45) is 0.947. The molecule has 3 amide bonds. The van der Waals surface area contributed by atoms with E-state index in [9.17, 15) is 9.59 Å². The van der Waals surface area contributed by atoms with Gasteiger partial charge in [0.25, 0.3) is 5.91 Å². The largest absolute Gasteiger partial charge is 0.378 e. The van der Waals surface area contributed by atoms with E-state index >= 15 is 0 Å². The van der Waals surface area contributed by atoms with E-state index in [0.717, 1.165) is 6.42 Å². The molecule has 1 aliphatic heterocycles. The molecule has 0 aromatic heterocycles. The van der Waals surface area contributed by atoms with Crippen LogP contribution in [0.1, 0.15) is 35.2 Å². The van der Waals surface area contributed by atoms with Gasteiger partial charge < -0.3 is 20.3 Å². The Morgan fingerprint density at radius 1 is 1.04 bits per heavy atom. The van der Waals surface area contributed by atoms with E-state index in [4.69, 9.17) is 4.74 Å². The van der Waals surface area contributed by atoms with Gasteiger partial charge in [-0.15, -0.1) is 0 Å². The zero-order valence-corrected chi connectivity index (χ0v) is 16.2. The minimum atomic E-state index is -0.248. The highest BCUT2D eigenvalue weighted by atomic mass is 16.5. The molecule has 2 aromatic carbocycles. The highest BCUT2D eigenvalue weighted by Gasteiger charge is 2.18. The first-order valence-corrected chi connectivity index (χ1v) is 9.74. The molecule has 28 heavy (non-hydrogen) atoms. The molecule has 6 nitrogen and oxygen atoms in total. The van der Waals surface area contributed by atoms with E-state index in [-0.39, 0.29) is 17.9 Å². The molecule has 1 heterocycles. The molecule has 1 atom stereocenters. The first kappa shape index (κ1) is 19.9. The number of rotatable bonds is 6. The molecule has 1 fully saturated rings. The number of amides is 3. The highest BCUT2D eigenvalue weighted by molar-refractivity contribution is 5.95. The quantitative estimate of drug-likeness (QED) is 0.805. The third-order valence-corrected chi connectivity index (χ3v) is 4.96. The van der Waals surface area contributed by atoms with Crippen molar-refractivity contribution in [1.82, 2.24) is 10.2 Å². The zero-order valence-electron chi connectivity index (χ0n) is 16.2. The van der Waals surface area contributed by atoms with Gasteiger partial charge in [-0.25, -0.2) is 4.79 Å². The van der Waals surface area contributed by atoms with Crippen molar-refractivity contribution < 1.29 is 14.3 Å². The van der Waals surface area contributed by atoms with Gasteiger partial charge in [0.05, 0.1) is 13.2 Å². The molecular weight excluding hydrogens is 354 g/mol. The lowest BCUT2D eigenvalue weighted by atomic mass is 9.97. The van der Waals surface area contributed by atoms with E-state index in [0.29, 0.717) is 44.1 Å². The molecule has 148 valence electrons. The Kier molecular flexibility index (Phi) is 7.03. The maximum absolute atomic E-state index is 12.4. The molecule has 1 unspecified atom stereocenters. The van der Waals surface area contributed by atoms with Crippen LogP contribution in [-0.2, 0) is 4.74 Å². The van der Waals surface area contributed by atoms with Gasteiger partial charge in [0.15, 0.2) is 0 Å². The van der Waals surface area contributed by atoms with Crippen LogP contribution in [0.4, 0.5) is 10.5 Å². The third kappa shape index (κ3) is 5.33. The fourth-order valence-corrected chi connectivity index (χ4v) is 3.26. The van der Waals surface area contributed by atoms with Crippen LogP contribution in [0.15, 0.2) is 54.6 Å². The van der Waals surface area contributed by atoms with Crippen LogP contribution in [0.3, 0.4) is 0 Å². The Labute approximate surface area is 165 Å². The molecule has 0 saturated carbocycles. The molecule has 2 N–H and O–H groups in total. The first-order chi connectivity index (χ1) is 13.7. The molecular formula is C22H27N3O3. The number of hydrogen-bond donors (Lipinski definition) is 2. The molecule has 0 aliphatic carbocycles. The second-order valence-electron chi connectivity index (χ2n) is 6.83. The fraction of sp³-hybridized carbons (Fsp3) is 0.364. The van der Waals surface area contributed by atoms with Crippen molar-refractivity contribution in [2.75, 3.05) is 38.2 Å². The lowest BCUT2D eigenvalue weighted by Crippen LogP contribution is -2.40. The minimum absolute atomic E-state index is 0.00653. The number of morpholine rings is 1. The maximum atomic E-state index is 12.4. The normalized spacial score (nSPS) is 15.0. The smallest absolute Gasteiger partial charge is 0.319 e. The lowest BCUT2D eigenvalue weighted by molar-refractivity contribution is 0.0303. The minimum Gasteiger partial charge on any atom is -0.378 e. The van der Waals surface area contributed by atoms with Crippen molar-refractivity contribution in [2.24, 2.45) is 0 Å². The fourth-order valence-electron chi connectivity index (χ4n) is 3.26. The Balaban J connectivity index is 1.50. The predicted molar refractivity (Wildman–Crippen MR) is 110 cm³/mol. The van der Waals surface area contributed by atoms with Gasteiger partial charge in [-0.1, -0.05) is 37.3 Å². The van der Waals surface area contributed by atoms with E-state index in [1.165, 1.54) is 5.56 Å². The summed E-state index contributed by atoms with van der Waals surface area (Å²) in [7, 11) is 0. The van der Waals surface area contributed by atoms with Crippen LogP contribution in [0.25, 0.3) is 0 Å². The van der Waals surface area contributed by atoms with Gasteiger partial charge in [-0.2, -0.15) is 0 Å². The van der Waals surface area contributed by atoms with E-state index < -0.39 is 0 Å². The second-order valence-corrected chi connectivity index (χ2v) is 6.83. The summed E-state index contributed by atoms with van der Waals surface area (Å²) >= 11 is 0. The Bertz CT molecular complexity index is 771. The lowest BCUT2D eigenvalue weighted by Gasteiger charge is -2.26. The molecule has 0 bridgehead atoms. The molecule has 0 radical (unpaired) electrons. The summed E-state index contributed by atoms with van der Waals surface area (Å²) < 4.78 is 5.28. The number of ether oxygens (including phenoxy) is 1. The van der Waals surface area contributed by atoms with E-state index in [1.807, 2.05) is 18.2 Å². The summed E-state index contributed by atoms with van der Waals surface area (Å²) in [6, 6.07) is 16.9. The van der Waals surface area contributed by atoms with Gasteiger partial charge in [0, 0.05) is 36.8 Å². The Hall–Kier alpha value is -2.86. The van der Waals surface area contributed by atoms with Gasteiger partial charge in [-0.05, 0) is 36.2 Å². The summed E-state index contributed by atoms with van der Waals surface area (Å²) in [6.45, 7) is 5.06. The number of urea groups is 1. The molecule has 0 spiro atoms. The highest BCUT2D eigenvalue weighted by Crippen LogP contribution is 2.18. The van der Waals surface area contributed by atoms with Crippen LogP contribution < -0.4 is 10.6 Å². The molecule has 1 aliphatic rings. The predicted octanol–water partition coefficient (Wildman–Crippen LogP) is 3.47. The van der Waals surface area contributed by atoms with Gasteiger partial charge in [-0.3, -0.25) is 4.79 Å². The number of nitrogens with one attached hydrogen (secondary N) is 2. The monoisotopic (exact) mass is 381 g/mol. The van der Waals surface area contributed by atoms with Crippen LogP contribution in [-0.4, -0.2) is 49.7 Å². The molecule has 2 aromatic rings. The van der Waals surface area contributed by atoms with Crippen LogP contribution in [0, 0.1) is 0 Å². The van der Waals surface area contributed by atoms with Crippen molar-refractivity contribution in [3.8, 4) is 0 Å². The van der Waals surface area contributed by atoms with Gasteiger partial charge >= 0.3 is 6.03 Å². The number of carbonyl (C=O) groups excluding carboxylic acids is 2. The Morgan fingerprint density at radius 3 is 2.36 bits per heavy atom. The summed E-state index contributed by atoms with van der Waals surface area (Å²) in [5.41, 5.74) is 2.49. The SMILES string of the molecule is CCC(CNC(=O)Nc1ccc(C(=O)N2CCOCC2)cc1)c1ccccc1. The summed E-state index contributed by atoms with van der Waals surface area (Å²) in [5, 5.41) is 5.75. The van der Waals surface area contributed by atoms with Crippen molar-refractivity contribution in [1.29, 1.82) is 0 Å². The maximum Gasteiger partial charge on any atom is 0.319 e. The molecule has 1 saturated heterocycles. The van der Waals surface area contributed by atoms with Crippen molar-refractivity contribution in [2.45, 2.75) is 19.3 Å². The Morgan fingerprint density at radius 2 is 1.71 bits per heavy atom. The topological polar surface area (TPSA) is 70.7 Å². The average Bonchev–Trinajstić information content (AvgIpc) is 2.75. The van der Waals surface area contributed by atoms with Crippen molar-refractivity contribution in [3.05, 3.63) is 65.7 Å².